The minimum Gasteiger partial charge on any atom is -0.486 e. The van der Waals surface area contributed by atoms with Gasteiger partial charge >= 0.3 is 0 Å². The molecule has 7 aromatic rings. The molecule has 0 aliphatic heterocycles. The zero-order valence-electron chi connectivity index (χ0n) is 25.7. The lowest BCUT2D eigenvalue weighted by Crippen LogP contribution is -2.22. The van der Waals surface area contributed by atoms with Crippen LogP contribution in [0, 0.1) is 0 Å². The molecule has 18 nitrogen and oxygen atoms in total. The van der Waals surface area contributed by atoms with E-state index in [9.17, 15) is 0 Å². The van der Waals surface area contributed by atoms with Crippen molar-refractivity contribution in [2.75, 3.05) is 13.4 Å². The van der Waals surface area contributed by atoms with Gasteiger partial charge in [-0.05, 0) is 30.7 Å². The van der Waals surface area contributed by atoms with E-state index in [1.807, 2.05) is 61.7 Å². The summed E-state index contributed by atoms with van der Waals surface area (Å²) in [5.74, 6) is 0.725. The first kappa shape index (κ1) is 34.8. The summed E-state index contributed by atoms with van der Waals surface area (Å²) in [6.07, 6.45) is 11.6. The zero-order chi connectivity index (χ0) is 33.8. The van der Waals surface area contributed by atoms with Gasteiger partial charge in [0.05, 0.1) is 30.3 Å². The van der Waals surface area contributed by atoms with Crippen LogP contribution in [0.3, 0.4) is 0 Å². The standard InChI is InChI=1S/C23H25ClN6O3.3C2H3N3/c1-2-31-13-33-23-21(28-30-29-23)19(25)20(26)22(32-12-14-7-9-15(24)10-8-14)17-11-27-18-6-4-3-5-16(17)18;3*1-2-4-5-3-1/h3-11,19,27H,2,12-13,25-26H2,1H3,(H,28,29,30);3*1-2H,(H,3,4,5). The molecule has 5 heterocycles. The Hall–Kier alpha value is -6.11. The average Bonchev–Trinajstić information content (AvgIpc) is 3.96. The third-order valence-electron chi connectivity index (χ3n) is 6.05. The van der Waals surface area contributed by atoms with E-state index in [0.717, 1.165) is 22.0 Å². The number of hydrogen-bond donors (Lipinski definition) is 7. The molecule has 250 valence electrons. The van der Waals surface area contributed by atoms with Crippen LogP contribution in [0.25, 0.3) is 16.7 Å². The van der Waals surface area contributed by atoms with Gasteiger partial charge < -0.3 is 30.7 Å². The second-order valence-electron chi connectivity index (χ2n) is 9.19. The van der Waals surface area contributed by atoms with Crippen LogP contribution in [0.5, 0.6) is 5.88 Å². The van der Waals surface area contributed by atoms with Gasteiger partial charge in [-0.1, -0.05) is 62.8 Å². The van der Waals surface area contributed by atoms with E-state index in [4.69, 9.17) is 37.3 Å². The van der Waals surface area contributed by atoms with E-state index in [-0.39, 0.29) is 25.0 Å². The van der Waals surface area contributed by atoms with Crippen LogP contribution in [0.2, 0.25) is 5.02 Å². The van der Waals surface area contributed by atoms with Crippen LogP contribution in [-0.4, -0.2) is 80.0 Å². The second kappa shape index (κ2) is 19.4. The highest BCUT2D eigenvalue weighted by molar-refractivity contribution is 6.30. The normalized spacial score (nSPS) is 11.5. The first-order valence-corrected chi connectivity index (χ1v) is 14.7. The SMILES string of the molecule is CCOCOc1[nH]nnc1C(N)C(N)=C(OCc1ccc(Cl)cc1)c1c[nH]c2ccccc12.c1c[nH]nn1.c1c[nH]nn1.c1c[nH]nn1. The molecule has 2 aromatic carbocycles. The molecule has 0 saturated carbocycles. The number of nitrogens with zero attached hydrogens (tertiary/aromatic N) is 8. The number of fused-ring (bicyclic) bond motifs is 1. The molecule has 1 unspecified atom stereocenters. The first-order chi connectivity index (χ1) is 23.6. The van der Waals surface area contributed by atoms with Crippen LogP contribution in [0.4, 0.5) is 0 Å². The van der Waals surface area contributed by atoms with Crippen LogP contribution in [-0.2, 0) is 16.1 Å². The Balaban J connectivity index is 0.000000280. The molecular formula is C29H34ClN15O3. The number of aromatic nitrogens is 13. The lowest BCUT2D eigenvalue weighted by Gasteiger charge is -2.18. The largest absolute Gasteiger partial charge is 0.486 e. The fourth-order valence-corrected chi connectivity index (χ4v) is 3.95. The fraction of sp³-hybridized carbons (Fsp3) is 0.172. The summed E-state index contributed by atoms with van der Waals surface area (Å²) in [6.45, 7) is 2.68. The van der Waals surface area contributed by atoms with E-state index < -0.39 is 6.04 Å². The molecule has 0 fully saturated rings. The molecule has 48 heavy (non-hydrogen) atoms. The van der Waals surface area contributed by atoms with Crippen molar-refractivity contribution < 1.29 is 14.2 Å². The van der Waals surface area contributed by atoms with E-state index in [0.29, 0.717) is 23.1 Å². The van der Waals surface area contributed by atoms with Crippen LogP contribution in [0.1, 0.15) is 29.8 Å². The smallest absolute Gasteiger partial charge is 0.237 e. The Morgan fingerprint density at radius 3 is 2.08 bits per heavy atom. The predicted molar refractivity (Wildman–Crippen MR) is 175 cm³/mol. The lowest BCUT2D eigenvalue weighted by atomic mass is 10.1. The minimum absolute atomic E-state index is 0.0338. The maximum Gasteiger partial charge on any atom is 0.237 e. The maximum atomic E-state index is 6.57. The molecule has 0 spiro atoms. The van der Waals surface area contributed by atoms with Crippen molar-refractivity contribution in [2.24, 2.45) is 11.5 Å². The summed E-state index contributed by atoms with van der Waals surface area (Å²) < 4.78 is 17.0. The Bertz CT molecular complexity index is 1720. The van der Waals surface area contributed by atoms with Crippen molar-refractivity contribution >= 4 is 28.3 Å². The Morgan fingerprint density at radius 1 is 0.875 bits per heavy atom. The molecule has 0 aliphatic carbocycles. The van der Waals surface area contributed by atoms with Crippen LogP contribution >= 0.6 is 11.6 Å². The van der Waals surface area contributed by atoms with Gasteiger partial charge in [-0.2, -0.15) is 0 Å². The van der Waals surface area contributed by atoms with Gasteiger partial charge in [0.1, 0.15) is 18.1 Å². The Kier molecular flexibility index (Phi) is 14.1. The third kappa shape index (κ3) is 10.8. The highest BCUT2D eigenvalue weighted by atomic mass is 35.5. The molecule has 5 aromatic heterocycles. The van der Waals surface area contributed by atoms with Gasteiger partial charge in [-0.25, -0.2) is 5.10 Å². The van der Waals surface area contributed by atoms with Gasteiger partial charge in [-0.15, -0.1) is 20.4 Å². The number of rotatable bonds is 10. The molecule has 7 rings (SSSR count). The fourth-order valence-electron chi connectivity index (χ4n) is 3.82. The summed E-state index contributed by atoms with van der Waals surface area (Å²) in [4.78, 5) is 3.25. The van der Waals surface area contributed by atoms with Crippen molar-refractivity contribution in [3.63, 3.8) is 0 Å². The molecule has 0 saturated heterocycles. The maximum absolute atomic E-state index is 6.57. The van der Waals surface area contributed by atoms with E-state index in [1.54, 1.807) is 37.2 Å². The summed E-state index contributed by atoms with van der Waals surface area (Å²) in [6, 6.07) is 14.4. The van der Waals surface area contributed by atoms with Crippen molar-refractivity contribution in [1.29, 1.82) is 0 Å². The molecule has 0 bridgehead atoms. The van der Waals surface area contributed by atoms with E-state index >= 15 is 0 Å². The number of H-pyrrole nitrogens is 5. The summed E-state index contributed by atoms with van der Waals surface area (Å²) >= 11 is 6.00. The van der Waals surface area contributed by atoms with E-state index in [1.165, 1.54) is 0 Å². The molecule has 1 atom stereocenters. The predicted octanol–water partition coefficient (Wildman–Crippen LogP) is 3.27. The molecule has 0 amide bonds. The quantitative estimate of drug-likeness (QED) is 0.0624. The molecule has 19 heteroatoms. The number of nitrogens with two attached hydrogens (primary N) is 2. The zero-order valence-corrected chi connectivity index (χ0v) is 26.4. The lowest BCUT2D eigenvalue weighted by molar-refractivity contribution is 0.0189. The van der Waals surface area contributed by atoms with Gasteiger partial charge in [0.2, 0.25) is 5.88 Å². The summed E-state index contributed by atoms with van der Waals surface area (Å²) in [5, 5.41) is 40.0. The summed E-state index contributed by atoms with van der Waals surface area (Å²) in [5.41, 5.74) is 16.4. The highest BCUT2D eigenvalue weighted by Gasteiger charge is 2.25. The topological polar surface area (TPSA) is 262 Å². The molecule has 0 radical (unpaired) electrons. The van der Waals surface area contributed by atoms with E-state index in [2.05, 4.69) is 66.6 Å². The van der Waals surface area contributed by atoms with Crippen molar-refractivity contribution in [3.8, 4) is 5.88 Å². The van der Waals surface area contributed by atoms with Crippen molar-refractivity contribution in [3.05, 3.63) is 119 Å². The van der Waals surface area contributed by atoms with Gasteiger partial charge in [0.25, 0.3) is 0 Å². The average molecular weight is 676 g/mol. The number of ether oxygens (including phenoxy) is 3. The highest BCUT2D eigenvalue weighted by Crippen LogP contribution is 2.32. The second-order valence-corrected chi connectivity index (χ2v) is 9.62. The van der Waals surface area contributed by atoms with Crippen molar-refractivity contribution in [2.45, 2.75) is 19.6 Å². The van der Waals surface area contributed by atoms with Crippen molar-refractivity contribution in [1.82, 2.24) is 66.6 Å². The number of halogens is 1. The van der Waals surface area contributed by atoms with Crippen LogP contribution < -0.4 is 16.2 Å². The summed E-state index contributed by atoms with van der Waals surface area (Å²) in [7, 11) is 0. The molecular weight excluding hydrogens is 642 g/mol. The van der Waals surface area contributed by atoms with Gasteiger partial charge in [0.15, 0.2) is 6.79 Å². The van der Waals surface area contributed by atoms with Crippen LogP contribution in [0.15, 0.2) is 97.6 Å². The minimum atomic E-state index is -0.839. The number of nitrogens with one attached hydrogen (secondary N) is 5. The molecule has 9 N–H and O–H groups in total. The number of hydrogen-bond acceptors (Lipinski definition) is 13. The number of benzene rings is 2. The third-order valence-corrected chi connectivity index (χ3v) is 6.30. The Labute approximate surface area is 278 Å². The molecule has 0 aliphatic rings. The van der Waals surface area contributed by atoms with Gasteiger partial charge in [-0.3, -0.25) is 15.3 Å². The monoisotopic (exact) mass is 675 g/mol. The van der Waals surface area contributed by atoms with Gasteiger partial charge in [0, 0.05) is 52.9 Å². The Morgan fingerprint density at radius 2 is 1.52 bits per heavy atom. The first-order valence-electron chi connectivity index (χ1n) is 14.3. The number of para-hydroxylation sites is 1. The number of aromatic amines is 5.